The third-order valence-electron chi connectivity index (χ3n) is 4.48. The number of ether oxygens (including phenoxy) is 2. The first-order valence-electron chi connectivity index (χ1n) is 7.81. The molecule has 0 aromatic heterocycles. The van der Waals surface area contributed by atoms with Gasteiger partial charge in [0.2, 0.25) is 0 Å². The van der Waals surface area contributed by atoms with Gasteiger partial charge in [-0.25, -0.2) is 0 Å². The molecule has 2 rings (SSSR count). The van der Waals surface area contributed by atoms with E-state index >= 15 is 0 Å². The summed E-state index contributed by atoms with van der Waals surface area (Å²) in [5.41, 5.74) is 0.882. The predicted octanol–water partition coefficient (Wildman–Crippen LogP) is 2.91. The molecule has 0 bridgehead atoms. The summed E-state index contributed by atoms with van der Waals surface area (Å²) in [4.78, 5) is 0. The number of benzene rings is 1. The van der Waals surface area contributed by atoms with Gasteiger partial charge in [0.15, 0.2) is 11.5 Å². The summed E-state index contributed by atoms with van der Waals surface area (Å²) in [6.07, 6.45) is 3.90. The number of aliphatic hydroxyl groups excluding tert-OH is 1. The number of aliphatic hydroxyl groups is 1. The number of hydrogen-bond acceptors (Lipinski definition) is 4. The van der Waals surface area contributed by atoms with Crippen molar-refractivity contribution in [3.63, 3.8) is 0 Å². The van der Waals surface area contributed by atoms with Crippen LogP contribution in [-0.4, -0.2) is 31.9 Å². The van der Waals surface area contributed by atoms with Crippen LogP contribution in [0.1, 0.15) is 44.3 Å². The Kier molecular flexibility index (Phi) is 5.88. The normalized spacial score (nSPS) is 23.6. The number of piperidine rings is 1. The van der Waals surface area contributed by atoms with Gasteiger partial charge < -0.3 is 19.9 Å². The van der Waals surface area contributed by atoms with Crippen LogP contribution in [0.4, 0.5) is 0 Å². The molecule has 0 amide bonds. The fourth-order valence-electron chi connectivity index (χ4n) is 3.11. The average molecular weight is 293 g/mol. The van der Waals surface area contributed by atoms with E-state index in [1.807, 2.05) is 18.2 Å². The largest absolute Gasteiger partial charge is 0.493 e. The van der Waals surface area contributed by atoms with Crippen molar-refractivity contribution in [2.24, 2.45) is 5.92 Å². The first-order chi connectivity index (χ1) is 10.2. The van der Waals surface area contributed by atoms with Gasteiger partial charge in [0.25, 0.3) is 0 Å². The first-order valence-corrected chi connectivity index (χ1v) is 7.81. The third-order valence-corrected chi connectivity index (χ3v) is 4.48. The van der Waals surface area contributed by atoms with Gasteiger partial charge in [-0.05, 0) is 49.4 Å². The van der Waals surface area contributed by atoms with Crippen molar-refractivity contribution in [2.45, 2.75) is 44.8 Å². The molecule has 3 atom stereocenters. The van der Waals surface area contributed by atoms with Crippen LogP contribution in [0.5, 0.6) is 11.5 Å². The molecule has 0 saturated carbocycles. The lowest BCUT2D eigenvalue weighted by atomic mass is 9.87. The highest BCUT2D eigenvalue weighted by Crippen LogP contribution is 2.32. The van der Waals surface area contributed by atoms with Crippen LogP contribution in [0.25, 0.3) is 0 Å². The molecule has 4 nitrogen and oxygen atoms in total. The van der Waals surface area contributed by atoms with Crippen LogP contribution in [0, 0.1) is 5.92 Å². The van der Waals surface area contributed by atoms with Crippen molar-refractivity contribution in [3.05, 3.63) is 23.8 Å². The molecule has 1 fully saturated rings. The van der Waals surface area contributed by atoms with Crippen LogP contribution in [0.15, 0.2) is 18.2 Å². The summed E-state index contributed by atoms with van der Waals surface area (Å²) in [6.45, 7) is 3.31. The van der Waals surface area contributed by atoms with E-state index in [9.17, 15) is 5.11 Å². The second kappa shape index (κ2) is 7.66. The van der Waals surface area contributed by atoms with Gasteiger partial charge in [0.05, 0.1) is 20.3 Å². The Hall–Kier alpha value is -1.26. The number of hydrogen-bond donors (Lipinski definition) is 2. The summed E-state index contributed by atoms with van der Waals surface area (Å²) in [7, 11) is 3.23. The van der Waals surface area contributed by atoms with Crippen LogP contribution in [-0.2, 0) is 0 Å². The molecule has 4 heteroatoms. The van der Waals surface area contributed by atoms with Crippen molar-refractivity contribution in [1.82, 2.24) is 5.32 Å². The minimum absolute atomic E-state index is 0.395. The molecule has 1 heterocycles. The van der Waals surface area contributed by atoms with Gasteiger partial charge in [0, 0.05) is 6.04 Å². The van der Waals surface area contributed by atoms with Crippen LogP contribution in [0.2, 0.25) is 0 Å². The van der Waals surface area contributed by atoms with Crippen molar-refractivity contribution >= 4 is 0 Å². The fraction of sp³-hybridized carbons (Fsp3) is 0.647. The maximum Gasteiger partial charge on any atom is 0.161 e. The number of rotatable bonds is 6. The second-order valence-electron chi connectivity index (χ2n) is 5.82. The zero-order valence-electron chi connectivity index (χ0n) is 13.3. The summed E-state index contributed by atoms with van der Waals surface area (Å²) in [5, 5.41) is 14.0. The third kappa shape index (κ3) is 4.11. The van der Waals surface area contributed by atoms with Crippen LogP contribution >= 0.6 is 0 Å². The molecule has 1 aromatic rings. The van der Waals surface area contributed by atoms with E-state index in [-0.39, 0.29) is 0 Å². The minimum Gasteiger partial charge on any atom is -0.493 e. The lowest BCUT2D eigenvalue weighted by molar-refractivity contribution is 0.135. The number of methoxy groups -OCH3 is 2. The lowest BCUT2D eigenvalue weighted by Crippen LogP contribution is -2.38. The standard InChI is InChI=1S/C17H27NO3/c1-4-12-7-8-18-14(9-12)11-15(19)13-5-6-16(20-2)17(10-13)21-3/h5-6,10,12,14-15,18-19H,4,7-9,11H2,1-3H3. The summed E-state index contributed by atoms with van der Waals surface area (Å²) >= 11 is 0. The molecule has 2 N–H and O–H groups in total. The highest BCUT2D eigenvalue weighted by molar-refractivity contribution is 5.43. The Morgan fingerprint density at radius 3 is 2.71 bits per heavy atom. The van der Waals surface area contributed by atoms with Crippen LogP contribution in [0.3, 0.4) is 0 Å². The summed E-state index contributed by atoms with van der Waals surface area (Å²) < 4.78 is 10.5. The smallest absolute Gasteiger partial charge is 0.161 e. The molecule has 1 aliphatic rings. The maximum absolute atomic E-state index is 10.5. The van der Waals surface area contributed by atoms with Crippen molar-refractivity contribution in [2.75, 3.05) is 20.8 Å². The molecule has 0 aliphatic carbocycles. The Bertz CT molecular complexity index is 450. The lowest BCUT2D eigenvalue weighted by Gasteiger charge is -2.31. The fourth-order valence-corrected chi connectivity index (χ4v) is 3.11. The maximum atomic E-state index is 10.5. The van der Waals surface area contributed by atoms with Gasteiger partial charge in [-0.15, -0.1) is 0 Å². The molecule has 0 radical (unpaired) electrons. The Labute approximate surface area is 127 Å². The molecule has 1 saturated heterocycles. The van der Waals surface area contributed by atoms with Gasteiger partial charge in [-0.2, -0.15) is 0 Å². The zero-order valence-corrected chi connectivity index (χ0v) is 13.3. The van der Waals surface area contributed by atoms with Gasteiger partial charge in [-0.3, -0.25) is 0 Å². The minimum atomic E-state index is -0.474. The van der Waals surface area contributed by atoms with E-state index in [1.165, 1.54) is 12.8 Å². The van der Waals surface area contributed by atoms with E-state index in [0.29, 0.717) is 17.5 Å². The Balaban J connectivity index is 2.01. The zero-order chi connectivity index (χ0) is 15.2. The monoisotopic (exact) mass is 293 g/mol. The van der Waals surface area contributed by atoms with E-state index < -0.39 is 6.10 Å². The second-order valence-corrected chi connectivity index (χ2v) is 5.82. The number of nitrogens with one attached hydrogen (secondary N) is 1. The SMILES string of the molecule is CCC1CCNC(CC(O)c2ccc(OC)c(OC)c2)C1. The average Bonchev–Trinajstić information content (AvgIpc) is 2.54. The van der Waals surface area contributed by atoms with E-state index in [4.69, 9.17) is 9.47 Å². The quantitative estimate of drug-likeness (QED) is 0.847. The van der Waals surface area contributed by atoms with Crippen LogP contribution < -0.4 is 14.8 Å². The van der Waals surface area contributed by atoms with Crippen molar-refractivity contribution in [3.8, 4) is 11.5 Å². The predicted molar refractivity (Wildman–Crippen MR) is 83.9 cm³/mol. The first kappa shape index (κ1) is 16.1. The topological polar surface area (TPSA) is 50.7 Å². The Morgan fingerprint density at radius 2 is 2.05 bits per heavy atom. The van der Waals surface area contributed by atoms with Gasteiger partial charge in [0.1, 0.15) is 0 Å². The van der Waals surface area contributed by atoms with E-state index in [2.05, 4.69) is 12.2 Å². The highest BCUT2D eigenvalue weighted by atomic mass is 16.5. The van der Waals surface area contributed by atoms with E-state index in [1.54, 1.807) is 14.2 Å². The molecule has 1 aliphatic heterocycles. The van der Waals surface area contributed by atoms with E-state index in [0.717, 1.165) is 30.9 Å². The van der Waals surface area contributed by atoms with Gasteiger partial charge in [-0.1, -0.05) is 19.4 Å². The van der Waals surface area contributed by atoms with Crippen molar-refractivity contribution in [1.29, 1.82) is 0 Å². The molecule has 1 aromatic carbocycles. The highest BCUT2D eigenvalue weighted by Gasteiger charge is 2.23. The van der Waals surface area contributed by atoms with Gasteiger partial charge >= 0.3 is 0 Å². The Morgan fingerprint density at radius 1 is 1.29 bits per heavy atom. The van der Waals surface area contributed by atoms with Crippen molar-refractivity contribution < 1.29 is 14.6 Å². The molecule has 21 heavy (non-hydrogen) atoms. The molecular weight excluding hydrogens is 266 g/mol. The molecular formula is C17H27NO3. The summed E-state index contributed by atoms with van der Waals surface area (Å²) in [6, 6.07) is 6.02. The molecule has 0 spiro atoms. The molecule has 3 unspecified atom stereocenters. The molecule has 118 valence electrons. The summed E-state index contributed by atoms with van der Waals surface area (Å²) in [5.74, 6) is 2.14.